The Hall–Kier alpha value is -2.06. The molecule has 0 amide bonds. The smallest absolute Gasteiger partial charge is 0.338 e. The van der Waals surface area contributed by atoms with Gasteiger partial charge in [-0.05, 0) is 42.5 Å². The molecule has 0 aliphatic carbocycles. The van der Waals surface area contributed by atoms with Crippen LogP contribution in [0, 0.1) is 0 Å². The number of nitrogens with zero attached hydrogens (tertiary/aromatic N) is 1. The number of hydrogen-bond donors (Lipinski definition) is 1. The van der Waals surface area contributed by atoms with Crippen LogP contribution in [0.2, 0.25) is 10.0 Å². The molecule has 0 saturated heterocycles. The van der Waals surface area contributed by atoms with E-state index in [1.807, 2.05) is 0 Å². The number of anilines is 1. The van der Waals surface area contributed by atoms with Crippen LogP contribution < -0.4 is 4.31 Å². The van der Waals surface area contributed by atoms with Crippen molar-refractivity contribution in [2.24, 2.45) is 0 Å². The van der Waals surface area contributed by atoms with Crippen LogP contribution in [0.1, 0.15) is 10.4 Å². The molecule has 2 aromatic carbocycles. The maximum atomic E-state index is 13.2. The molecule has 0 aliphatic heterocycles. The molecule has 0 aromatic heterocycles. The Morgan fingerprint density at radius 2 is 1.85 bits per heavy atom. The lowest BCUT2D eigenvalue weighted by Gasteiger charge is -2.24. The van der Waals surface area contributed by atoms with Gasteiger partial charge in [-0.3, -0.25) is 4.31 Å². The quantitative estimate of drug-likeness (QED) is 0.512. The largest absolute Gasteiger partial charge is 0.460 e. The maximum Gasteiger partial charge on any atom is 0.338 e. The number of hydrogen-bond acceptors (Lipinski definition) is 5. The lowest BCUT2D eigenvalue weighted by atomic mass is 10.2. The molecular weight excluding hydrogens is 413 g/mol. The van der Waals surface area contributed by atoms with E-state index in [-0.39, 0.29) is 35.2 Å². The molecule has 0 saturated carbocycles. The Bertz CT molecular complexity index is 929. The van der Waals surface area contributed by atoms with Gasteiger partial charge in [-0.15, -0.1) is 6.58 Å². The van der Waals surface area contributed by atoms with Crippen LogP contribution in [0.4, 0.5) is 5.69 Å². The molecule has 0 heterocycles. The van der Waals surface area contributed by atoms with Crippen molar-refractivity contribution in [2.75, 3.05) is 24.1 Å². The van der Waals surface area contributed by atoms with Crippen LogP contribution in [0.25, 0.3) is 0 Å². The van der Waals surface area contributed by atoms with E-state index in [1.54, 1.807) is 24.3 Å². The molecule has 2 aromatic rings. The van der Waals surface area contributed by atoms with Gasteiger partial charge in [-0.25, -0.2) is 13.2 Å². The van der Waals surface area contributed by atoms with Crippen molar-refractivity contribution in [2.45, 2.75) is 4.90 Å². The molecular formula is C18H17Cl2NO5S. The van der Waals surface area contributed by atoms with Gasteiger partial charge < -0.3 is 9.84 Å². The van der Waals surface area contributed by atoms with E-state index >= 15 is 0 Å². The summed E-state index contributed by atoms with van der Waals surface area (Å²) in [5.74, 6) is -0.765. The zero-order valence-corrected chi connectivity index (χ0v) is 16.5. The van der Waals surface area contributed by atoms with Gasteiger partial charge in [0.25, 0.3) is 10.0 Å². The molecule has 144 valence electrons. The van der Waals surface area contributed by atoms with Crippen LogP contribution in [-0.2, 0) is 14.8 Å². The maximum absolute atomic E-state index is 13.2. The molecule has 2 rings (SSSR count). The minimum absolute atomic E-state index is 0.00100. The Balaban J connectivity index is 2.50. The number of carbonyl (C=O) groups excluding carboxylic acids is 1. The number of aliphatic hydroxyl groups excluding tert-OH is 1. The third kappa shape index (κ3) is 5.01. The predicted octanol–water partition coefficient (Wildman–Crippen LogP) is 3.52. The van der Waals surface area contributed by atoms with E-state index in [4.69, 9.17) is 33.0 Å². The van der Waals surface area contributed by atoms with E-state index in [9.17, 15) is 13.2 Å². The number of esters is 1. The Labute approximate surface area is 167 Å². The minimum Gasteiger partial charge on any atom is -0.460 e. The third-order valence-electron chi connectivity index (χ3n) is 3.47. The summed E-state index contributed by atoms with van der Waals surface area (Å²) in [7, 11) is -4.11. The summed E-state index contributed by atoms with van der Waals surface area (Å²) in [6.45, 7) is 3.04. The van der Waals surface area contributed by atoms with E-state index in [2.05, 4.69) is 6.58 Å². The minimum atomic E-state index is -4.11. The summed E-state index contributed by atoms with van der Waals surface area (Å²) >= 11 is 12.0. The van der Waals surface area contributed by atoms with Crippen molar-refractivity contribution in [3.63, 3.8) is 0 Å². The van der Waals surface area contributed by atoms with E-state index < -0.39 is 16.0 Å². The van der Waals surface area contributed by atoms with Crippen molar-refractivity contribution in [1.82, 2.24) is 0 Å². The number of rotatable bonds is 8. The highest BCUT2D eigenvalue weighted by Crippen LogP contribution is 2.30. The van der Waals surface area contributed by atoms with E-state index in [0.29, 0.717) is 10.7 Å². The fourth-order valence-corrected chi connectivity index (χ4v) is 4.30. The number of ether oxygens (including phenoxy) is 1. The summed E-state index contributed by atoms with van der Waals surface area (Å²) in [5, 5.41) is 9.16. The zero-order valence-electron chi connectivity index (χ0n) is 14.1. The van der Waals surface area contributed by atoms with Crippen molar-refractivity contribution >= 4 is 44.9 Å². The molecule has 0 fully saturated rings. The molecule has 0 radical (unpaired) electrons. The SMILES string of the molecule is C=CCN(c1ccc(Cl)cc1)S(=O)(=O)c1cc(C(=O)OCCO)ccc1Cl. The Morgan fingerprint density at radius 1 is 1.19 bits per heavy atom. The summed E-state index contributed by atoms with van der Waals surface area (Å²) in [6.07, 6.45) is 1.43. The molecule has 9 heteroatoms. The van der Waals surface area contributed by atoms with Crippen molar-refractivity contribution < 1.29 is 23.1 Å². The van der Waals surface area contributed by atoms with Gasteiger partial charge >= 0.3 is 5.97 Å². The first-order chi connectivity index (χ1) is 12.8. The van der Waals surface area contributed by atoms with Gasteiger partial charge in [-0.2, -0.15) is 0 Å². The predicted molar refractivity (Wildman–Crippen MR) is 105 cm³/mol. The Morgan fingerprint density at radius 3 is 2.44 bits per heavy atom. The van der Waals surface area contributed by atoms with Gasteiger partial charge in [0, 0.05) is 5.02 Å². The van der Waals surface area contributed by atoms with Crippen molar-refractivity contribution in [1.29, 1.82) is 0 Å². The topological polar surface area (TPSA) is 83.9 Å². The summed E-state index contributed by atoms with van der Waals surface area (Å²) in [6, 6.07) is 10.0. The van der Waals surface area contributed by atoms with E-state index in [1.165, 1.54) is 18.2 Å². The highest BCUT2D eigenvalue weighted by molar-refractivity contribution is 7.93. The monoisotopic (exact) mass is 429 g/mol. The van der Waals surface area contributed by atoms with E-state index in [0.717, 1.165) is 10.4 Å². The fourth-order valence-electron chi connectivity index (χ4n) is 2.24. The van der Waals surface area contributed by atoms with Gasteiger partial charge in [0.2, 0.25) is 0 Å². The average Bonchev–Trinajstić information content (AvgIpc) is 2.65. The van der Waals surface area contributed by atoms with Gasteiger partial charge in [0.15, 0.2) is 0 Å². The normalized spacial score (nSPS) is 11.1. The van der Waals surface area contributed by atoms with Crippen molar-refractivity contribution in [3.05, 3.63) is 70.7 Å². The number of benzene rings is 2. The average molecular weight is 430 g/mol. The van der Waals surface area contributed by atoms with Gasteiger partial charge in [0.05, 0.1) is 29.4 Å². The van der Waals surface area contributed by atoms with Crippen LogP contribution in [0.3, 0.4) is 0 Å². The Kier molecular flexibility index (Phi) is 7.26. The highest BCUT2D eigenvalue weighted by atomic mass is 35.5. The van der Waals surface area contributed by atoms with Crippen LogP contribution in [-0.4, -0.2) is 39.3 Å². The van der Waals surface area contributed by atoms with Gasteiger partial charge in [-0.1, -0.05) is 29.3 Å². The molecule has 1 N–H and O–H groups in total. The summed E-state index contributed by atoms with van der Waals surface area (Å²) in [5.41, 5.74) is 0.365. The van der Waals surface area contributed by atoms with Gasteiger partial charge in [0.1, 0.15) is 11.5 Å². The first-order valence-electron chi connectivity index (χ1n) is 7.78. The summed E-state index contributed by atoms with van der Waals surface area (Å²) < 4.78 is 32.3. The van der Waals surface area contributed by atoms with Crippen LogP contribution >= 0.6 is 23.2 Å². The lowest BCUT2D eigenvalue weighted by molar-refractivity contribution is 0.0433. The second-order valence-electron chi connectivity index (χ2n) is 5.31. The molecule has 0 atom stereocenters. The first-order valence-corrected chi connectivity index (χ1v) is 9.97. The van der Waals surface area contributed by atoms with Crippen LogP contribution in [0.15, 0.2) is 60.0 Å². The standard InChI is InChI=1S/C18H17Cl2NO5S/c1-2-9-21(15-6-4-14(19)5-7-15)27(24,25)17-12-13(3-8-16(17)20)18(23)26-11-10-22/h2-8,12,22H,1,9-11H2. The third-order valence-corrected chi connectivity index (χ3v) is 6.00. The molecule has 6 nitrogen and oxygen atoms in total. The second-order valence-corrected chi connectivity index (χ2v) is 7.98. The molecule has 27 heavy (non-hydrogen) atoms. The number of aliphatic hydroxyl groups is 1. The molecule has 0 aliphatic rings. The molecule has 0 spiro atoms. The highest BCUT2D eigenvalue weighted by Gasteiger charge is 2.27. The second kappa shape index (κ2) is 9.23. The fraction of sp³-hybridized carbons (Fsp3) is 0.167. The molecule has 0 bridgehead atoms. The molecule has 0 unspecified atom stereocenters. The number of sulfonamides is 1. The zero-order chi connectivity index (χ0) is 20.0. The number of halogens is 2. The van der Waals surface area contributed by atoms with Crippen LogP contribution in [0.5, 0.6) is 0 Å². The van der Waals surface area contributed by atoms with Crippen molar-refractivity contribution in [3.8, 4) is 0 Å². The first kappa shape index (κ1) is 21.2. The lowest BCUT2D eigenvalue weighted by Crippen LogP contribution is -2.31. The summed E-state index contributed by atoms with van der Waals surface area (Å²) in [4.78, 5) is 11.7. The number of carbonyl (C=O) groups is 1.